The molecule has 2 N–H and O–H groups in total. The molecule has 1 aliphatic rings. The molecule has 1 heterocycles. The van der Waals surface area contributed by atoms with Crippen LogP contribution in [-0.2, 0) is 6.54 Å². The first-order valence-electron chi connectivity index (χ1n) is 7.36. The zero-order valence-corrected chi connectivity index (χ0v) is 12.9. The van der Waals surface area contributed by atoms with Crippen molar-refractivity contribution in [1.29, 1.82) is 0 Å². The van der Waals surface area contributed by atoms with E-state index in [9.17, 15) is 0 Å². The van der Waals surface area contributed by atoms with E-state index in [4.69, 9.17) is 27.2 Å². The topological polar surface area (TPSA) is 53.1 Å². The van der Waals surface area contributed by atoms with Gasteiger partial charge in [0.25, 0.3) is 0 Å². The van der Waals surface area contributed by atoms with E-state index in [1.165, 1.54) is 25.7 Å². The summed E-state index contributed by atoms with van der Waals surface area (Å²) in [5.41, 5.74) is 8.89. The van der Waals surface area contributed by atoms with E-state index < -0.39 is 0 Å². The lowest BCUT2D eigenvalue weighted by atomic mass is 10.0. The van der Waals surface area contributed by atoms with Crippen LogP contribution >= 0.6 is 11.6 Å². The Morgan fingerprint density at radius 3 is 2.52 bits per heavy atom. The fourth-order valence-corrected chi connectivity index (χ4v) is 3.37. The van der Waals surface area contributed by atoms with E-state index in [1.807, 2.05) is 24.3 Å². The van der Waals surface area contributed by atoms with Gasteiger partial charge in [-0.25, -0.2) is 4.68 Å². The summed E-state index contributed by atoms with van der Waals surface area (Å²) >= 11 is 6.51. The third kappa shape index (κ3) is 2.65. The second-order valence-corrected chi connectivity index (χ2v) is 5.81. The average Bonchev–Trinajstić information content (AvgIpc) is 3.15. The van der Waals surface area contributed by atoms with Crippen molar-refractivity contribution < 1.29 is 4.74 Å². The molecular weight excluding hydrogens is 286 g/mol. The zero-order chi connectivity index (χ0) is 14.8. The molecule has 5 heteroatoms. The van der Waals surface area contributed by atoms with Gasteiger partial charge in [0.1, 0.15) is 10.9 Å². The first-order valence-corrected chi connectivity index (χ1v) is 7.74. The standard InChI is InChI=1S/C16H20ClN3O/c1-21-13-8-6-12(7-9-13)20-16(17)14(10-18)15(19-20)11-4-2-3-5-11/h6-9,11H,2-5,10,18H2,1H3. The summed E-state index contributed by atoms with van der Waals surface area (Å²) in [4.78, 5) is 0. The van der Waals surface area contributed by atoms with Crippen LogP contribution in [-0.4, -0.2) is 16.9 Å². The van der Waals surface area contributed by atoms with Gasteiger partial charge in [-0.05, 0) is 37.1 Å². The van der Waals surface area contributed by atoms with Crippen molar-refractivity contribution in [2.24, 2.45) is 5.73 Å². The number of benzene rings is 1. The minimum atomic E-state index is 0.431. The van der Waals surface area contributed by atoms with Crippen molar-refractivity contribution in [3.05, 3.63) is 40.7 Å². The van der Waals surface area contributed by atoms with E-state index in [0.717, 1.165) is 22.7 Å². The number of ether oxygens (including phenoxy) is 1. The number of hydrogen-bond donors (Lipinski definition) is 1. The molecule has 0 saturated heterocycles. The highest BCUT2D eigenvalue weighted by atomic mass is 35.5. The highest BCUT2D eigenvalue weighted by molar-refractivity contribution is 6.30. The van der Waals surface area contributed by atoms with Crippen molar-refractivity contribution >= 4 is 11.6 Å². The maximum atomic E-state index is 6.51. The maximum Gasteiger partial charge on any atom is 0.137 e. The van der Waals surface area contributed by atoms with Crippen LogP contribution in [0.4, 0.5) is 0 Å². The van der Waals surface area contributed by atoms with Gasteiger partial charge in [-0.15, -0.1) is 0 Å². The molecule has 1 aromatic heterocycles. The highest BCUT2D eigenvalue weighted by Crippen LogP contribution is 2.37. The molecule has 0 spiro atoms. The fraction of sp³-hybridized carbons (Fsp3) is 0.438. The molecule has 1 fully saturated rings. The lowest BCUT2D eigenvalue weighted by Gasteiger charge is -2.07. The highest BCUT2D eigenvalue weighted by Gasteiger charge is 2.25. The number of nitrogens with two attached hydrogens (primary N) is 1. The zero-order valence-electron chi connectivity index (χ0n) is 12.2. The molecule has 0 bridgehead atoms. The second-order valence-electron chi connectivity index (χ2n) is 5.45. The molecular formula is C16H20ClN3O. The largest absolute Gasteiger partial charge is 0.497 e. The monoisotopic (exact) mass is 305 g/mol. The Hall–Kier alpha value is -1.52. The summed E-state index contributed by atoms with van der Waals surface area (Å²) in [7, 11) is 1.65. The molecule has 1 aliphatic carbocycles. The first-order chi connectivity index (χ1) is 10.2. The Morgan fingerprint density at radius 2 is 1.95 bits per heavy atom. The first kappa shape index (κ1) is 14.4. The third-order valence-corrected chi connectivity index (χ3v) is 4.60. The lowest BCUT2D eigenvalue weighted by molar-refractivity contribution is 0.414. The molecule has 112 valence electrons. The SMILES string of the molecule is COc1ccc(-n2nc(C3CCCC3)c(CN)c2Cl)cc1. The number of hydrogen-bond acceptors (Lipinski definition) is 3. The molecule has 1 saturated carbocycles. The Morgan fingerprint density at radius 1 is 1.29 bits per heavy atom. The van der Waals surface area contributed by atoms with Gasteiger partial charge in [-0.2, -0.15) is 5.10 Å². The third-order valence-electron chi connectivity index (χ3n) is 4.21. The van der Waals surface area contributed by atoms with Gasteiger partial charge >= 0.3 is 0 Å². The van der Waals surface area contributed by atoms with Crippen molar-refractivity contribution in [2.45, 2.75) is 38.1 Å². The minimum Gasteiger partial charge on any atom is -0.497 e. The molecule has 21 heavy (non-hydrogen) atoms. The van der Waals surface area contributed by atoms with Crippen LogP contribution in [0.25, 0.3) is 5.69 Å². The lowest BCUT2D eigenvalue weighted by Crippen LogP contribution is -2.03. The molecule has 0 unspecified atom stereocenters. The van der Waals surface area contributed by atoms with Gasteiger partial charge in [-0.3, -0.25) is 0 Å². The van der Waals surface area contributed by atoms with Crippen LogP contribution in [0.1, 0.15) is 42.9 Å². The van der Waals surface area contributed by atoms with Gasteiger partial charge in [0.2, 0.25) is 0 Å². The van der Waals surface area contributed by atoms with Gasteiger partial charge < -0.3 is 10.5 Å². The Labute approximate surface area is 129 Å². The fourth-order valence-electron chi connectivity index (χ4n) is 3.06. The van der Waals surface area contributed by atoms with Crippen molar-refractivity contribution in [3.8, 4) is 11.4 Å². The molecule has 2 aromatic rings. The molecule has 3 rings (SSSR count). The van der Waals surface area contributed by atoms with Crippen molar-refractivity contribution in [1.82, 2.24) is 9.78 Å². The Kier molecular flexibility index (Phi) is 4.17. The van der Waals surface area contributed by atoms with Crippen molar-refractivity contribution in [3.63, 3.8) is 0 Å². The Bertz CT molecular complexity index is 615. The number of halogens is 1. The second kappa shape index (κ2) is 6.08. The van der Waals surface area contributed by atoms with E-state index in [0.29, 0.717) is 17.6 Å². The van der Waals surface area contributed by atoms with Crippen LogP contribution in [0, 0.1) is 0 Å². The molecule has 0 radical (unpaired) electrons. The van der Waals surface area contributed by atoms with Crippen LogP contribution in [0.2, 0.25) is 5.15 Å². The molecule has 0 amide bonds. The minimum absolute atomic E-state index is 0.431. The maximum absolute atomic E-state index is 6.51. The molecule has 4 nitrogen and oxygen atoms in total. The quantitative estimate of drug-likeness (QED) is 0.938. The van der Waals surface area contributed by atoms with E-state index in [2.05, 4.69) is 0 Å². The number of rotatable bonds is 4. The van der Waals surface area contributed by atoms with Gasteiger partial charge in [-0.1, -0.05) is 24.4 Å². The van der Waals surface area contributed by atoms with E-state index >= 15 is 0 Å². The van der Waals surface area contributed by atoms with Gasteiger partial charge in [0.05, 0.1) is 18.5 Å². The van der Waals surface area contributed by atoms with Crippen LogP contribution < -0.4 is 10.5 Å². The van der Waals surface area contributed by atoms with E-state index in [-0.39, 0.29) is 0 Å². The number of methoxy groups -OCH3 is 1. The average molecular weight is 306 g/mol. The summed E-state index contributed by atoms with van der Waals surface area (Å²) in [6, 6.07) is 7.72. The van der Waals surface area contributed by atoms with Gasteiger partial charge in [0.15, 0.2) is 0 Å². The van der Waals surface area contributed by atoms with Crippen LogP contribution in [0.3, 0.4) is 0 Å². The summed E-state index contributed by atoms with van der Waals surface area (Å²) in [5, 5.41) is 5.38. The normalized spacial score (nSPS) is 15.6. The van der Waals surface area contributed by atoms with Crippen LogP contribution in [0.15, 0.2) is 24.3 Å². The Balaban J connectivity index is 2.01. The van der Waals surface area contributed by atoms with E-state index in [1.54, 1.807) is 11.8 Å². The predicted octanol–water partition coefficient (Wildman–Crippen LogP) is 3.65. The predicted molar refractivity (Wildman–Crippen MR) is 84.2 cm³/mol. The number of aromatic nitrogens is 2. The molecule has 1 aromatic carbocycles. The van der Waals surface area contributed by atoms with Crippen LogP contribution in [0.5, 0.6) is 5.75 Å². The molecule has 0 aliphatic heterocycles. The summed E-state index contributed by atoms with van der Waals surface area (Å²) in [5.74, 6) is 1.32. The van der Waals surface area contributed by atoms with Gasteiger partial charge in [0, 0.05) is 18.0 Å². The number of nitrogens with zero attached hydrogens (tertiary/aromatic N) is 2. The summed E-state index contributed by atoms with van der Waals surface area (Å²) < 4.78 is 6.97. The summed E-state index contributed by atoms with van der Waals surface area (Å²) in [6.07, 6.45) is 4.90. The summed E-state index contributed by atoms with van der Waals surface area (Å²) in [6.45, 7) is 0.431. The van der Waals surface area contributed by atoms with Crippen molar-refractivity contribution in [2.75, 3.05) is 7.11 Å². The molecule has 0 atom stereocenters. The smallest absolute Gasteiger partial charge is 0.137 e.